The summed E-state index contributed by atoms with van der Waals surface area (Å²) in [7, 11) is 0. The van der Waals surface area contributed by atoms with Gasteiger partial charge in [-0.2, -0.15) is 13.2 Å². The average Bonchev–Trinajstić information content (AvgIpc) is 3.48. The highest BCUT2D eigenvalue weighted by Crippen LogP contribution is 2.45. The minimum absolute atomic E-state index is 0.0244. The second-order valence-electron chi connectivity index (χ2n) is 7.60. The zero-order valence-electron chi connectivity index (χ0n) is 16.1. The molecule has 2 aromatic carbocycles. The lowest BCUT2D eigenvalue weighted by Crippen LogP contribution is -2.08. The number of halogens is 6. The predicted molar refractivity (Wildman–Crippen MR) is 102 cm³/mol. The molecule has 1 aliphatic carbocycles. The molecule has 0 aliphatic heterocycles. The third kappa shape index (κ3) is 3.35. The molecule has 0 radical (unpaired) electrons. The van der Waals surface area contributed by atoms with Crippen LogP contribution in [0.3, 0.4) is 0 Å². The molecule has 5 rings (SSSR count). The maximum atomic E-state index is 14.7. The van der Waals surface area contributed by atoms with Crippen LogP contribution in [0.2, 0.25) is 0 Å². The molecule has 10 heteroatoms. The number of phenolic OH excluding ortho intramolecular Hbond substituents is 1. The lowest BCUT2D eigenvalue weighted by atomic mass is 10.1. The summed E-state index contributed by atoms with van der Waals surface area (Å²) in [4.78, 5) is 8.54. The smallest absolute Gasteiger partial charge is 0.419 e. The monoisotopic (exact) mass is 449 g/mol. The van der Waals surface area contributed by atoms with Crippen LogP contribution in [0.1, 0.15) is 30.0 Å². The topological polar surface area (TPSA) is 50.4 Å². The fourth-order valence-corrected chi connectivity index (χ4v) is 3.70. The normalized spacial score (nSPS) is 14.3. The van der Waals surface area contributed by atoms with Crippen molar-refractivity contribution in [3.8, 4) is 28.3 Å². The Bertz CT molecular complexity index is 1350. The van der Waals surface area contributed by atoms with E-state index in [-0.39, 0.29) is 28.5 Å². The van der Waals surface area contributed by atoms with E-state index in [2.05, 4.69) is 9.97 Å². The highest BCUT2D eigenvalue weighted by molar-refractivity contribution is 5.72. The summed E-state index contributed by atoms with van der Waals surface area (Å²) in [6, 6.07) is 3.99. The first kappa shape index (κ1) is 20.3. The van der Waals surface area contributed by atoms with Crippen molar-refractivity contribution in [3.63, 3.8) is 0 Å². The summed E-state index contributed by atoms with van der Waals surface area (Å²) < 4.78 is 83.8. The minimum Gasteiger partial charge on any atom is -0.508 e. The summed E-state index contributed by atoms with van der Waals surface area (Å²) in [5.41, 5.74) is -1.08. The van der Waals surface area contributed by atoms with Gasteiger partial charge in [0.05, 0.1) is 34.4 Å². The summed E-state index contributed by atoms with van der Waals surface area (Å²) in [5, 5.41) is 9.49. The number of hydrogen-bond donors (Lipinski definition) is 1. The van der Waals surface area contributed by atoms with Gasteiger partial charge in [0.2, 0.25) is 0 Å². The van der Waals surface area contributed by atoms with Crippen molar-refractivity contribution < 1.29 is 31.4 Å². The molecule has 1 saturated carbocycles. The van der Waals surface area contributed by atoms with E-state index in [1.54, 1.807) is 0 Å². The molecule has 0 atom stereocenters. The van der Waals surface area contributed by atoms with E-state index in [0.29, 0.717) is 17.8 Å². The molecule has 2 heterocycles. The maximum absolute atomic E-state index is 14.7. The van der Waals surface area contributed by atoms with Gasteiger partial charge >= 0.3 is 6.18 Å². The van der Waals surface area contributed by atoms with E-state index >= 15 is 0 Å². The maximum Gasteiger partial charge on any atom is 0.419 e. The molecule has 32 heavy (non-hydrogen) atoms. The molecule has 0 saturated heterocycles. The summed E-state index contributed by atoms with van der Waals surface area (Å²) in [5.74, 6) is -4.05. The third-order valence-corrected chi connectivity index (χ3v) is 5.33. The largest absolute Gasteiger partial charge is 0.508 e. The highest BCUT2D eigenvalue weighted by Gasteiger charge is 2.35. The Balaban J connectivity index is 1.75. The molecule has 164 valence electrons. The van der Waals surface area contributed by atoms with Crippen LogP contribution in [-0.2, 0) is 6.18 Å². The minimum atomic E-state index is -4.90. The number of aromatic hydroxyl groups is 1. The zero-order valence-corrected chi connectivity index (χ0v) is 16.1. The quantitative estimate of drug-likeness (QED) is 0.386. The SMILES string of the molecule is Oc1cc(F)c(-c2c(C3CC3)nc3cnc(-c4ccc(F)c(C(F)(F)F)c4)cn23)c(F)c1. The number of fused-ring (bicyclic) bond motifs is 1. The first-order chi connectivity index (χ1) is 15.1. The van der Waals surface area contributed by atoms with Gasteiger partial charge in [-0.05, 0) is 31.0 Å². The second kappa shape index (κ2) is 6.98. The summed E-state index contributed by atoms with van der Waals surface area (Å²) in [6.45, 7) is 0. The predicted octanol–water partition coefficient (Wildman–Crippen LogP) is 6.08. The third-order valence-electron chi connectivity index (χ3n) is 5.33. The van der Waals surface area contributed by atoms with Crippen LogP contribution in [-0.4, -0.2) is 19.5 Å². The fraction of sp³-hybridized carbons (Fsp3) is 0.182. The van der Waals surface area contributed by atoms with E-state index in [1.165, 1.54) is 16.8 Å². The van der Waals surface area contributed by atoms with Crippen LogP contribution in [0.4, 0.5) is 26.3 Å². The van der Waals surface area contributed by atoms with Crippen LogP contribution in [0, 0.1) is 17.5 Å². The van der Waals surface area contributed by atoms with Crippen molar-refractivity contribution in [2.24, 2.45) is 0 Å². The van der Waals surface area contributed by atoms with Gasteiger partial charge in [0.1, 0.15) is 23.2 Å². The number of nitrogens with zero attached hydrogens (tertiary/aromatic N) is 3. The van der Waals surface area contributed by atoms with Crippen LogP contribution in [0.5, 0.6) is 5.75 Å². The van der Waals surface area contributed by atoms with Gasteiger partial charge in [0.25, 0.3) is 0 Å². The summed E-state index contributed by atoms with van der Waals surface area (Å²) in [6.07, 6.45) is -0.779. The van der Waals surface area contributed by atoms with Crippen molar-refractivity contribution >= 4 is 5.65 Å². The van der Waals surface area contributed by atoms with Crippen LogP contribution in [0.25, 0.3) is 28.2 Å². The molecule has 4 aromatic rings. The molecule has 0 unspecified atom stereocenters. The van der Waals surface area contributed by atoms with E-state index in [4.69, 9.17) is 0 Å². The first-order valence-corrected chi connectivity index (χ1v) is 9.57. The molecule has 1 aliphatic rings. The first-order valence-electron chi connectivity index (χ1n) is 9.57. The Kier molecular flexibility index (Phi) is 4.44. The number of benzene rings is 2. The molecule has 1 N–H and O–H groups in total. The Hall–Kier alpha value is -3.56. The molecular weight excluding hydrogens is 436 g/mol. The van der Waals surface area contributed by atoms with Crippen LogP contribution < -0.4 is 0 Å². The number of rotatable bonds is 3. The van der Waals surface area contributed by atoms with Gasteiger partial charge in [0, 0.05) is 29.8 Å². The number of aromatic nitrogens is 3. The van der Waals surface area contributed by atoms with Crippen LogP contribution >= 0.6 is 0 Å². The van der Waals surface area contributed by atoms with Gasteiger partial charge in [0.15, 0.2) is 5.65 Å². The average molecular weight is 449 g/mol. The molecule has 4 nitrogen and oxygen atoms in total. The zero-order chi connectivity index (χ0) is 22.8. The van der Waals surface area contributed by atoms with E-state index in [0.717, 1.165) is 31.0 Å². The molecule has 0 spiro atoms. The number of hydrogen-bond acceptors (Lipinski definition) is 3. The summed E-state index contributed by atoms with van der Waals surface area (Å²) >= 11 is 0. The van der Waals surface area contributed by atoms with Gasteiger partial charge in [-0.3, -0.25) is 9.38 Å². The van der Waals surface area contributed by atoms with Gasteiger partial charge in [-0.1, -0.05) is 0 Å². The van der Waals surface area contributed by atoms with Crippen molar-refractivity contribution in [1.29, 1.82) is 0 Å². The van der Waals surface area contributed by atoms with Crippen molar-refractivity contribution in [2.45, 2.75) is 24.9 Å². The van der Waals surface area contributed by atoms with Crippen molar-refractivity contribution in [1.82, 2.24) is 14.4 Å². The Labute approximate surface area is 176 Å². The fourth-order valence-electron chi connectivity index (χ4n) is 3.70. The molecule has 1 fully saturated rings. The molecule has 2 aromatic heterocycles. The lowest BCUT2D eigenvalue weighted by molar-refractivity contribution is -0.139. The lowest BCUT2D eigenvalue weighted by Gasteiger charge is -2.11. The molecule has 0 bridgehead atoms. The van der Waals surface area contributed by atoms with Crippen molar-refractivity contribution in [3.05, 3.63) is 71.4 Å². The number of alkyl halides is 3. The van der Waals surface area contributed by atoms with Gasteiger partial charge in [-0.15, -0.1) is 0 Å². The van der Waals surface area contributed by atoms with E-state index in [9.17, 15) is 31.4 Å². The number of phenols is 1. The number of imidazole rings is 1. The standard InChI is InChI=1S/C22H13F6N3O/c23-14-4-3-11(5-13(14)22(26,27)28)17-9-31-18(8-29-17)30-20(10-1-2-10)21(31)19-15(24)6-12(32)7-16(19)25/h3-10,32H,1-2H2. The van der Waals surface area contributed by atoms with Crippen LogP contribution in [0.15, 0.2) is 42.7 Å². The second-order valence-corrected chi connectivity index (χ2v) is 7.60. The Morgan fingerprint density at radius 2 is 1.66 bits per heavy atom. The Morgan fingerprint density at radius 3 is 2.28 bits per heavy atom. The molecule has 0 amide bonds. The highest BCUT2D eigenvalue weighted by atomic mass is 19.4. The van der Waals surface area contributed by atoms with E-state index in [1.807, 2.05) is 0 Å². The Morgan fingerprint density at radius 1 is 0.969 bits per heavy atom. The van der Waals surface area contributed by atoms with E-state index < -0.39 is 40.5 Å². The van der Waals surface area contributed by atoms with Gasteiger partial charge < -0.3 is 5.11 Å². The molecular formula is C22H13F6N3O. The van der Waals surface area contributed by atoms with Crippen molar-refractivity contribution in [2.75, 3.05) is 0 Å². The van der Waals surface area contributed by atoms with Gasteiger partial charge in [-0.25, -0.2) is 18.2 Å².